The summed E-state index contributed by atoms with van der Waals surface area (Å²) in [5, 5.41) is 0.155. The molecule has 0 aromatic carbocycles. The van der Waals surface area contributed by atoms with Crippen molar-refractivity contribution >= 4 is 9.84 Å². The molecule has 0 N–H and O–H groups in total. The van der Waals surface area contributed by atoms with E-state index in [2.05, 4.69) is 4.98 Å². The molecule has 0 bridgehead atoms. The zero-order valence-corrected chi connectivity index (χ0v) is 8.85. The highest BCUT2D eigenvalue weighted by molar-refractivity contribution is 7.90. The second-order valence-corrected chi connectivity index (χ2v) is 4.98. The van der Waals surface area contributed by atoms with Crippen molar-refractivity contribution in [1.29, 1.82) is 0 Å². The Bertz CT molecular complexity index is 410. The first kappa shape index (κ1) is 10.2. The summed E-state index contributed by atoms with van der Waals surface area (Å²) in [7, 11) is -3.16. The van der Waals surface area contributed by atoms with Gasteiger partial charge in [0.25, 0.3) is 0 Å². The molecule has 1 aromatic heterocycles. The van der Waals surface area contributed by atoms with Crippen molar-refractivity contribution in [2.75, 3.05) is 6.26 Å². The molecule has 3 nitrogen and oxygen atoms in total. The maximum Gasteiger partial charge on any atom is 0.192 e. The fourth-order valence-electron chi connectivity index (χ4n) is 1.15. The van der Waals surface area contributed by atoms with Crippen molar-refractivity contribution in [1.82, 2.24) is 4.98 Å². The third-order valence-electron chi connectivity index (χ3n) is 1.93. The molecule has 0 fully saturated rings. The number of aryl methyl sites for hydroxylation is 2. The number of hydrogen-bond donors (Lipinski definition) is 0. The van der Waals surface area contributed by atoms with Crippen molar-refractivity contribution in [3.63, 3.8) is 0 Å². The number of rotatable bonds is 2. The summed E-state index contributed by atoms with van der Waals surface area (Å²) >= 11 is 0. The molecule has 0 saturated carbocycles. The third kappa shape index (κ3) is 2.28. The molecule has 0 radical (unpaired) electrons. The SMILES string of the molecule is CCc1ccc(S(C)(=O)=O)nc1C. The average molecular weight is 199 g/mol. The van der Waals surface area contributed by atoms with Crippen molar-refractivity contribution < 1.29 is 8.42 Å². The molecule has 72 valence electrons. The van der Waals surface area contributed by atoms with Crippen LogP contribution >= 0.6 is 0 Å². The molecule has 0 atom stereocenters. The predicted molar refractivity (Wildman–Crippen MR) is 51.5 cm³/mol. The lowest BCUT2D eigenvalue weighted by Crippen LogP contribution is -2.03. The second kappa shape index (κ2) is 3.46. The van der Waals surface area contributed by atoms with Gasteiger partial charge in [-0.1, -0.05) is 13.0 Å². The van der Waals surface area contributed by atoms with E-state index in [9.17, 15) is 8.42 Å². The molecule has 0 aliphatic carbocycles. The fraction of sp³-hybridized carbons (Fsp3) is 0.444. The molecule has 1 aromatic rings. The van der Waals surface area contributed by atoms with E-state index < -0.39 is 9.84 Å². The Morgan fingerprint density at radius 3 is 2.38 bits per heavy atom. The van der Waals surface area contributed by atoms with E-state index in [1.165, 1.54) is 6.26 Å². The van der Waals surface area contributed by atoms with Gasteiger partial charge in [-0.25, -0.2) is 13.4 Å². The summed E-state index contributed by atoms with van der Waals surface area (Å²) in [6.45, 7) is 3.84. The molecule has 0 saturated heterocycles. The van der Waals surface area contributed by atoms with Gasteiger partial charge in [0.15, 0.2) is 14.9 Å². The lowest BCUT2D eigenvalue weighted by molar-refractivity contribution is 0.597. The number of nitrogens with zero attached hydrogens (tertiary/aromatic N) is 1. The highest BCUT2D eigenvalue weighted by Gasteiger charge is 2.09. The number of hydrogen-bond acceptors (Lipinski definition) is 3. The minimum Gasteiger partial charge on any atom is -0.241 e. The van der Waals surface area contributed by atoms with Gasteiger partial charge in [-0.05, 0) is 25.0 Å². The van der Waals surface area contributed by atoms with Crippen LogP contribution in [0.3, 0.4) is 0 Å². The van der Waals surface area contributed by atoms with Crippen LogP contribution in [-0.2, 0) is 16.3 Å². The van der Waals surface area contributed by atoms with E-state index in [0.29, 0.717) is 0 Å². The summed E-state index contributed by atoms with van der Waals surface area (Å²) in [5.74, 6) is 0. The van der Waals surface area contributed by atoms with E-state index in [0.717, 1.165) is 17.7 Å². The Hall–Kier alpha value is -0.900. The van der Waals surface area contributed by atoms with Gasteiger partial charge in [-0.2, -0.15) is 0 Å². The summed E-state index contributed by atoms with van der Waals surface area (Å²) < 4.78 is 22.2. The molecule has 1 heterocycles. The maximum absolute atomic E-state index is 11.1. The monoisotopic (exact) mass is 199 g/mol. The Morgan fingerprint density at radius 1 is 1.38 bits per heavy atom. The Labute approximate surface area is 78.7 Å². The summed E-state index contributed by atoms with van der Waals surface area (Å²) in [5.41, 5.74) is 1.89. The first-order valence-electron chi connectivity index (χ1n) is 4.11. The quantitative estimate of drug-likeness (QED) is 0.722. The molecule has 1 rings (SSSR count). The van der Waals surface area contributed by atoms with Crippen LogP contribution in [0.25, 0.3) is 0 Å². The topological polar surface area (TPSA) is 47.0 Å². The minimum absolute atomic E-state index is 0.155. The van der Waals surface area contributed by atoms with E-state index >= 15 is 0 Å². The molecule has 0 amide bonds. The van der Waals surface area contributed by atoms with Gasteiger partial charge in [-0.3, -0.25) is 0 Å². The molecule has 13 heavy (non-hydrogen) atoms. The van der Waals surface area contributed by atoms with E-state index in [4.69, 9.17) is 0 Å². The molecule has 0 unspecified atom stereocenters. The molecular formula is C9H13NO2S. The maximum atomic E-state index is 11.1. The fourth-order valence-corrected chi connectivity index (χ4v) is 1.77. The molecular weight excluding hydrogens is 186 g/mol. The van der Waals surface area contributed by atoms with Crippen LogP contribution in [0.1, 0.15) is 18.2 Å². The molecule has 0 aliphatic rings. The van der Waals surface area contributed by atoms with E-state index in [1.807, 2.05) is 19.9 Å². The zero-order valence-electron chi connectivity index (χ0n) is 8.03. The predicted octanol–water partition coefficient (Wildman–Crippen LogP) is 1.36. The van der Waals surface area contributed by atoms with Crippen molar-refractivity contribution in [2.45, 2.75) is 25.3 Å². The number of sulfone groups is 1. The van der Waals surface area contributed by atoms with Crippen LogP contribution in [0.4, 0.5) is 0 Å². The first-order chi connectivity index (χ1) is 5.95. The number of pyridine rings is 1. The lowest BCUT2D eigenvalue weighted by Gasteiger charge is -2.03. The van der Waals surface area contributed by atoms with Gasteiger partial charge in [0.05, 0.1) is 0 Å². The smallest absolute Gasteiger partial charge is 0.192 e. The summed E-state index contributed by atoms with van der Waals surface area (Å²) in [4.78, 5) is 4.03. The first-order valence-corrected chi connectivity index (χ1v) is 6.01. The molecule has 4 heteroatoms. The largest absolute Gasteiger partial charge is 0.241 e. The van der Waals surface area contributed by atoms with Crippen LogP contribution < -0.4 is 0 Å². The van der Waals surface area contributed by atoms with E-state index in [1.54, 1.807) is 6.07 Å². The Kier molecular flexibility index (Phi) is 2.71. The number of aromatic nitrogens is 1. The van der Waals surface area contributed by atoms with Crippen LogP contribution in [0.5, 0.6) is 0 Å². The van der Waals surface area contributed by atoms with Crippen molar-refractivity contribution in [3.05, 3.63) is 23.4 Å². The second-order valence-electron chi connectivity index (χ2n) is 3.02. The Morgan fingerprint density at radius 2 is 2.00 bits per heavy atom. The van der Waals surface area contributed by atoms with E-state index in [-0.39, 0.29) is 5.03 Å². The van der Waals surface area contributed by atoms with Crippen LogP contribution in [0.2, 0.25) is 0 Å². The summed E-state index contributed by atoms with van der Waals surface area (Å²) in [6, 6.07) is 3.37. The van der Waals surface area contributed by atoms with Crippen LogP contribution in [-0.4, -0.2) is 19.7 Å². The van der Waals surface area contributed by atoms with Crippen molar-refractivity contribution in [3.8, 4) is 0 Å². The van der Waals surface area contributed by atoms with Gasteiger partial charge in [0.2, 0.25) is 0 Å². The van der Waals surface area contributed by atoms with Gasteiger partial charge < -0.3 is 0 Å². The van der Waals surface area contributed by atoms with Crippen LogP contribution in [0.15, 0.2) is 17.2 Å². The summed E-state index contributed by atoms with van der Waals surface area (Å²) in [6.07, 6.45) is 2.04. The van der Waals surface area contributed by atoms with Gasteiger partial charge in [0, 0.05) is 11.9 Å². The standard InChI is InChI=1S/C9H13NO2S/c1-4-8-5-6-9(10-7(8)2)13(3,11)12/h5-6H,4H2,1-3H3. The highest BCUT2D eigenvalue weighted by Crippen LogP contribution is 2.11. The highest BCUT2D eigenvalue weighted by atomic mass is 32.2. The van der Waals surface area contributed by atoms with Crippen molar-refractivity contribution in [2.24, 2.45) is 0 Å². The normalized spacial score (nSPS) is 11.6. The zero-order chi connectivity index (χ0) is 10.1. The van der Waals surface area contributed by atoms with Gasteiger partial charge in [-0.15, -0.1) is 0 Å². The van der Waals surface area contributed by atoms with Gasteiger partial charge in [0.1, 0.15) is 0 Å². The lowest BCUT2D eigenvalue weighted by atomic mass is 10.2. The van der Waals surface area contributed by atoms with Gasteiger partial charge >= 0.3 is 0 Å². The minimum atomic E-state index is -3.16. The molecule has 0 aliphatic heterocycles. The Balaban J connectivity index is 3.26. The molecule has 0 spiro atoms. The average Bonchev–Trinajstić information content (AvgIpc) is 2.02. The third-order valence-corrected chi connectivity index (χ3v) is 2.92. The van der Waals surface area contributed by atoms with Crippen LogP contribution in [0, 0.1) is 6.92 Å².